The van der Waals surface area contributed by atoms with Crippen molar-refractivity contribution < 1.29 is 14.3 Å². The van der Waals surface area contributed by atoms with E-state index in [1.807, 2.05) is 13.8 Å². The van der Waals surface area contributed by atoms with E-state index in [1.165, 1.54) is 17.1 Å². The van der Waals surface area contributed by atoms with Gasteiger partial charge in [0.05, 0.1) is 18.3 Å². The molecule has 0 bridgehead atoms. The number of esters is 1. The van der Waals surface area contributed by atoms with Crippen LogP contribution in [0, 0.1) is 0 Å². The molecule has 7 nitrogen and oxygen atoms in total. The molecule has 1 heterocycles. The molecule has 3 N–H and O–H groups in total. The minimum atomic E-state index is -0.449. The van der Waals surface area contributed by atoms with Crippen molar-refractivity contribution in [2.24, 2.45) is 0 Å². The summed E-state index contributed by atoms with van der Waals surface area (Å²) in [7, 11) is 0. The average Bonchev–Trinajstić information content (AvgIpc) is 2.62. The van der Waals surface area contributed by atoms with Gasteiger partial charge in [0.25, 0.3) is 0 Å². The fraction of sp³-hybridized carbons (Fsp3) is 0.545. The quantitative estimate of drug-likeness (QED) is 0.692. The summed E-state index contributed by atoms with van der Waals surface area (Å²) in [6.07, 6.45) is 3.14. The summed E-state index contributed by atoms with van der Waals surface area (Å²) in [6, 6.07) is 0.0836. The van der Waals surface area contributed by atoms with Gasteiger partial charge in [-0.3, -0.25) is 14.3 Å². The molecule has 1 aromatic heterocycles. The summed E-state index contributed by atoms with van der Waals surface area (Å²) < 4.78 is 6.29. The number of nitrogens with zero attached hydrogens (tertiary/aromatic N) is 2. The van der Waals surface area contributed by atoms with Crippen molar-refractivity contribution in [3.05, 3.63) is 12.4 Å². The molecule has 7 heteroatoms. The van der Waals surface area contributed by atoms with E-state index < -0.39 is 5.97 Å². The number of aromatic nitrogens is 2. The number of carbonyl (C=O) groups is 2. The molecule has 0 aromatic carbocycles. The number of ether oxygens (including phenoxy) is 1. The van der Waals surface area contributed by atoms with Gasteiger partial charge in [0.15, 0.2) is 0 Å². The molecule has 1 amide bonds. The Hall–Kier alpha value is -2.05. The van der Waals surface area contributed by atoms with Gasteiger partial charge in [-0.05, 0) is 13.8 Å². The number of nitrogens with two attached hydrogens (primary N) is 1. The maximum atomic E-state index is 11.4. The molecule has 0 aliphatic rings. The second-order valence-electron chi connectivity index (χ2n) is 4.16. The van der Waals surface area contributed by atoms with Crippen LogP contribution in [0.4, 0.5) is 5.69 Å². The first-order valence-electron chi connectivity index (χ1n) is 5.70. The molecule has 0 radical (unpaired) electrons. The van der Waals surface area contributed by atoms with E-state index in [-0.39, 0.29) is 31.5 Å². The smallest absolute Gasteiger partial charge is 0.327 e. The molecule has 0 unspecified atom stereocenters. The highest BCUT2D eigenvalue weighted by Gasteiger charge is 2.08. The first-order chi connectivity index (χ1) is 8.47. The van der Waals surface area contributed by atoms with Crippen LogP contribution in [0.1, 0.15) is 20.3 Å². The molecule has 0 saturated heterocycles. The van der Waals surface area contributed by atoms with Crippen LogP contribution in [0.3, 0.4) is 0 Å². The summed E-state index contributed by atoms with van der Waals surface area (Å²) in [5, 5.41) is 6.56. The van der Waals surface area contributed by atoms with Crippen molar-refractivity contribution in [2.75, 3.05) is 12.3 Å². The van der Waals surface area contributed by atoms with Crippen molar-refractivity contribution >= 4 is 17.6 Å². The molecular weight excluding hydrogens is 236 g/mol. The van der Waals surface area contributed by atoms with Crippen molar-refractivity contribution in [2.45, 2.75) is 32.9 Å². The van der Waals surface area contributed by atoms with Gasteiger partial charge in [0.2, 0.25) is 5.91 Å². The van der Waals surface area contributed by atoms with Crippen LogP contribution >= 0.6 is 0 Å². The maximum absolute atomic E-state index is 11.4. The fourth-order valence-corrected chi connectivity index (χ4v) is 1.30. The summed E-state index contributed by atoms with van der Waals surface area (Å²) in [4.78, 5) is 22.6. The lowest BCUT2D eigenvalue weighted by Gasteiger charge is -2.08. The maximum Gasteiger partial charge on any atom is 0.327 e. The Morgan fingerprint density at radius 1 is 1.56 bits per heavy atom. The van der Waals surface area contributed by atoms with E-state index in [2.05, 4.69) is 10.4 Å². The Balaban J connectivity index is 2.19. The normalized spacial score (nSPS) is 10.4. The molecular formula is C11H18N4O3. The van der Waals surface area contributed by atoms with Gasteiger partial charge >= 0.3 is 5.97 Å². The minimum absolute atomic E-state index is 0.0109. The lowest BCUT2D eigenvalue weighted by Crippen LogP contribution is -2.31. The zero-order valence-electron chi connectivity index (χ0n) is 10.5. The van der Waals surface area contributed by atoms with E-state index in [0.29, 0.717) is 5.69 Å². The first-order valence-corrected chi connectivity index (χ1v) is 5.70. The topological polar surface area (TPSA) is 99.2 Å². The number of carbonyl (C=O) groups excluding carboxylic acids is 2. The lowest BCUT2D eigenvalue weighted by molar-refractivity contribution is -0.145. The third kappa shape index (κ3) is 5.33. The van der Waals surface area contributed by atoms with Crippen LogP contribution in [0.2, 0.25) is 0 Å². The van der Waals surface area contributed by atoms with Crippen LogP contribution in [-0.2, 0) is 20.9 Å². The number of rotatable bonds is 6. The fourth-order valence-electron chi connectivity index (χ4n) is 1.30. The highest BCUT2D eigenvalue weighted by atomic mass is 16.5. The lowest BCUT2D eigenvalue weighted by atomic mass is 10.3. The Kier molecular flexibility index (Phi) is 5.16. The summed E-state index contributed by atoms with van der Waals surface area (Å²) >= 11 is 0. The van der Waals surface area contributed by atoms with Crippen LogP contribution in [0.15, 0.2) is 12.4 Å². The van der Waals surface area contributed by atoms with Gasteiger partial charge in [-0.15, -0.1) is 0 Å². The summed E-state index contributed by atoms with van der Waals surface area (Å²) in [5.41, 5.74) is 5.94. The van der Waals surface area contributed by atoms with E-state index in [1.54, 1.807) is 0 Å². The molecule has 0 atom stereocenters. The number of anilines is 1. The number of hydrogen-bond acceptors (Lipinski definition) is 5. The van der Waals surface area contributed by atoms with Crippen molar-refractivity contribution in [1.82, 2.24) is 15.1 Å². The van der Waals surface area contributed by atoms with E-state index >= 15 is 0 Å². The largest absolute Gasteiger partial charge is 0.464 e. The molecule has 18 heavy (non-hydrogen) atoms. The molecule has 1 rings (SSSR count). The first kappa shape index (κ1) is 14.0. The highest BCUT2D eigenvalue weighted by molar-refractivity contribution is 5.76. The second-order valence-corrected chi connectivity index (χ2v) is 4.16. The van der Waals surface area contributed by atoms with Crippen molar-refractivity contribution in [3.8, 4) is 0 Å². The van der Waals surface area contributed by atoms with Gasteiger partial charge < -0.3 is 15.8 Å². The van der Waals surface area contributed by atoms with Gasteiger partial charge in [-0.25, -0.2) is 0 Å². The molecule has 0 fully saturated rings. The molecule has 0 aliphatic heterocycles. The number of hydrogen-bond donors (Lipinski definition) is 2. The third-order valence-electron chi connectivity index (χ3n) is 1.99. The molecule has 0 spiro atoms. The van der Waals surface area contributed by atoms with Crippen LogP contribution in [0.5, 0.6) is 0 Å². The molecule has 100 valence electrons. The zero-order valence-corrected chi connectivity index (χ0v) is 10.5. The molecule has 1 aromatic rings. The average molecular weight is 254 g/mol. The Morgan fingerprint density at radius 3 is 2.83 bits per heavy atom. The van der Waals surface area contributed by atoms with Crippen LogP contribution in [0.25, 0.3) is 0 Å². The monoisotopic (exact) mass is 254 g/mol. The predicted octanol–water partition coefficient (Wildman–Crippen LogP) is -0.0768. The van der Waals surface area contributed by atoms with Crippen molar-refractivity contribution in [1.29, 1.82) is 0 Å². The van der Waals surface area contributed by atoms with Gasteiger partial charge in [-0.2, -0.15) is 5.10 Å². The van der Waals surface area contributed by atoms with E-state index in [0.717, 1.165) is 0 Å². The summed E-state index contributed by atoms with van der Waals surface area (Å²) in [6.45, 7) is 3.79. The van der Waals surface area contributed by atoms with Crippen LogP contribution in [-0.4, -0.2) is 34.3 Å². The number of nitrogen functional groups attached to an aromatic ring is 1. The number of nitrogens with one attached hydrogen (secondary N) is 1. The predicted molar refractivity (Wildman–Crippen MR) is 65.5 cm³/mol. The van der Waals surface area contributed by atoms with E-state index in [9.17, 15) is 9.59 Å². The minimum Gasteiger partial charge on any atom is -0.464 e. The van der Waals surface area contributed by atoms with Gasteiger partial charge in [0.1, 0.15) is 13.2 Å². The standard InChI is InChI=1S/C11H18N4O3/c1-8(2)14-10(16)3-4-18-11(17)7-15-6-9(12)5-13-15/h5-6,8H,3-4,7,12H2,1-2H3,(H,14,16). The number of amides is 1. The highest BCUT2D eigenvalue weighted by Crippen LogP contribution is 1.98. The van der Waals surface area contributed by atoms with Gasteiger partial charge in [0, 0.05) is 12.2 Å². The summed E-state index contributed by atoms with van der Waals surface area (Å²) in [5.74, 6) is -0.586. The Morgan fingerprint density at radius 2 is 2.28 bits per heavy atom. The Bertz CT molecular complexity index is 414. The zero-order chi connectivity index (χ0) is 13.5. The molecule has 0 aliphatic carbocycles. The molecule has 0 saturated carbocycles. The van der Waals surface area contributed by atoms with E-state index in [4.69, 9.17) is 10.5 Å². The third-order valence-corrected chi connectivity index (χ3v) is 1.99. The SMILES string of the molecule is CC(C)NC(=O)CCOC(=O)Cn1cc(N)cn1. The Labute approximate surface area is 105 Å². The van der Waals surface area contributed by atoms with Crippen molar-refractivity contribution in [3.63, 3.8) is 0 Å². The van der Waals surface area contributed by atoms with Crippen LogP contribution < -0.4 is 11.1 Å². The second kappa shape index (κ2) is 6.63. The van der Waals surface area contributed by atoms with Gasteiger partial charge in [-0.1, -0.05) is 0 Å².